The SMILES string of the molecule is Cc1ccccc1NC(=O)COc1ccc(Cl)cc1C1c2sc(=O)[nH]c2SC2C(=O)N(c3ccc([N+](=O)[O-])cc3)C(=O)C21. The van der Waals surface area contributed by atoms with E-state index >= 15 is 0 Å². The molecule has 1 saturated heterocycles. The van der Waals surface area contributed by atoms with Crippen molar-refractivity contribution in [2.24, 2.45) is 5.92 Å². The molecule has 6 rings (SSSR count). The Kier molecular flexibility index (Phi) is 7.54. The van der Waals surface area contributed by atoms with E-state index in [1.54, 1.807) is 30.3 Å². The molecule has 3 atom stereocenters. The molecule has 0 aliphatic carbocycles. The molecule has 2 N–H and O–H groups in total. The lowest BCUT2D eigenvalue weighted by Crippen LogP contribution is -2.32. The fourth-order valence-electron chi connectivity index (χ4n) is 5.27. The van der Waals surface area contributed by atoms with Crippen LogP contribution in [-0.2, 0) is 14.4 Å². The molecule has 3 unspecified atom stereocenters. The molecule has 0 bridgehead atoms. The minimum Gasteiger partial charge on any atom is -0.483 e. The van der Waals surface area contributed by atoms with E-state index in [1.165, 1.54) is 24.3 Å². The van der Waals surface area contributed by atoms with Crippen LogP contribution in [0.4, 0.5) is 17.1 Å². The number of halogens is 1. The molecule has 0 saturated carbocycles. The van der Waals surface area contributed by atoms with Crippen molar-refractivity contribution in [3.63, 3.8) is 0 Å². The van der Waals surface area contributed by atoms with Crippen molar-refractivity contribution in [1.29, 1.82) is 0 Å². The van der Waals surface area contributed by atoms with Gasteiger partial charge in [0.1, 0.15) is 11.0 Å². The number of thioether (sulfide) groups is 1. The number of aromatic nitrogens is 1. The largest absolute Gasteiger partial charge is 0.483 e. The third-order valence-corrected chi connectivity index (χ3v) is 9.86. The molecule has 14 heteroatoms. The van der Waals surface area contributed by atoms with Crippen LogP contribution in [0.3, 0.4) is 0 Å². The van der Waals surface area contributed by atoms with Gasteiger partial charge in [0.25, 0.3) is 11.6 Å². The average molecular weight is 637 g/mol. The number of aryl methyl sites for hydroxylation is 1. The first-order chi connectivity index (χ1) is 20.6. The van der Waals surface area contributed by atoms with Crippen LogP contribution < -0.4 is 19.8 Å². The second-order valence-electron chi connectivity index (χ2n) is 9.87. The Morgan fingerprint density at radius 1 is 1.09 bits per heavy atom. The van der Waals surface area contributed by atoms with Gasteiger partial charge in [0.2, 0.25) is 11.8 Å². The van der Waals surface area contributed by atoms with E-state index < -0.39 is 39.7 Å². The smallest absolute Gasteiger partial charge is 0.305 e. The van der Waals surface area contributed by atoms with Gasteiger partial charge in [0.15, 0.2) is 6.61 Å². The van der Waals surface area contributed by atoms with Gasteiger partial charge in [-0.05, 0) is 48.9 Å². The fourth-order valence-corrected chi connectivity index (χ4v) is 7.95. The van der Waals surface area contributed by atoms with Gasteiger partial charge in [-0.3, -0.25) is 29.3 Å². The molecule has 2 aliphatic heterocycles. The number of rotatable bonds is 7. The molecule has 11 nitrogen and oxygen atoms in total. The van der Waals surface area contributed by atoms with Gasteiger partial charge >= 0.3 is 4.87 Å². The maximum Gasteiger partial charge on any atom is 0.305 e. The van der Waals surface area contributed by atoms with Crippen LogP contribution in [0.25, 0.3) is 0 Å². The van der Waals surface area contributed by atoms with Gasteiger partial charge in [-0.15, -0.1) is 0 Å². The standard InChI is InChI=1S/C29H21ClN4O7S2/c1-14-4-2-3-5-19(14)31-21(35)13-41-20-11-6-15(30)12-18(20)22-23-25(42-26-24(22)43-29(38)32-26)28(37)33(27(23)36)16-7-9-17(10-8-16)34(39)40/h2-12,22-23,25H,13H2,1H3,(H,31,35)(H,32,38). The highest BCUT2D eigenvalue weighted by Gasteiger charge is 2.57. The second-order valence-corrected chi connectivity index (χ2v) is 12.5. The number of nitrogens with zero attached hydrogens (tertiary/aromatic N) is 2. The number of hydrogen-bond donors (Lipinski definition) is 2. The lowest BCUT2D eigenvalue weighted by atomic mass is 9.82. The van der Waals surface area contributed by atoms with Gasteiger partial charge in [-0.25, -0.2) is 4.90 Å². The number of imide groups is 1. The van der Waals surface area contributed by atoms with Crippen molar-refractivity contribution in [2.75, 3.05) is 16.8 Å². The van der Waals surface area contributed by atoms with Gasteiger partial charge in [-0.2, -0.15) is 0 Å². The van der Waals surface area contributed by atoms with Crippen LogP contribution in [-0.4, -0.2) is 39.5 Å². The van der Waals surface area contributed by atoms with Crippen LogP contribution >= 0.6 is 34.7 Å². The summed E-state index contributed by atoms with van der Waals surface area (Å²) in [5.41, 5.74) is 1.98. The van der Waals surface area contributed by atoms with Crippen LogP contribution in [0.2, 0.25) is 5.02 Å². The quantitative estimate of drug-likeness (QED) is 0.161. The number of aromatic amines is 1. The first-order valence-electron chi connectivity index (χ1n) is 12.9. The summed E-state index contributed by atoms with van der Waals surface area (Å²) in [6.07, 6.45) is 0. The number of carbonyl (C=O) groups is 3. The Balaban J connectivity index is 1.36. The average Bonchev–Trinajstić information content (AvgIpc) is 3.47. The van der Waals surface area contributed by atoms with E-state index in [4.69, 9.17) is 16.3 Å². The van der Waals surface area contributed by atoms with Crippen molar-refractivity contribution < 1.29 is 24.0 Å². The summed E-state index contributed by atoms with van der Waals surface area (Å²) in [5.74, 6) is -2.95. The van der Waals surface area contributed by atoms with Crippen molar-refractivity contribution in [2.45, 2.75) is 23.1 Å². The fraction of sp³-hybridized carbons (Fsp3) is 0.172. The summed E-state index contributed by atoms with van der Waals surface area (Å²) in [4.78, 5) is 67.5. The minimum absolute atomic E-state index is 0.181. The molecule has 3 aromatic carbocycles. The molecule has 1 fully saturated rings. The highest BCUT2D eigenvalue weighted by molar-refractivity contribution is 8.00. The normalized spacial score (nSPS) is 19.1. The Morgan fingerprint density at radius 3 is 2.56 bits per heavy atom. The molecule has 0 spiro atoms. The number of para-hydroxylation sites is 1. The number of nitro groups is 1. The zero-order chi connectivity index (χ0) is 30.4. The summed E-state index contributed by atoms with van der Waals surface area (Å²) < 4.78 is 5.96. The molecular weight excluding hydrogens is 616 g/mol. The number of carbonyl (C=O) groups excluding carboxylic acids is 3. The van der Waals surface area contributed by atoms with Crippen LogP contribution in [0.15, 0.2) is 76.6 Å². The van der Waals surface area contributed by atoms with Crippen molar-refractivity contribution in [3.05, 3.63) is 108 Å². The monoisotopic (exact) mass is 636 g/mol. The van der Waals surface area contributed by atoms with E-state index in [9.17, 15) is 29.3 Å². The highest BCUT2D eigenvalue weighted by Crippen LogP contribution is 2.54. The Morgan fingerprint density at radius 2 is 1.84 bits per heavy atom. The van der Waals surface area contributed by atoms with E-state index in [-0.39, 0.29) is 28.6 Å². The Labute approximate surface area is 257 Å². The molecule has 3 heterocycles. The van der Waals surface area contributed by atoms with Crippen LogP contribution in [0.1, 0.15) is 21.9 Å². The number of nitro benzene ring substituents is 1. The molecule has 43 heavy (non-hydrogen) atoms. The van der Waals surface area contributed by atoms with E-state index in [1.807, 2.05) is 19.1 Å². The zero-order valence-corrected chi connectivity index (χ0v) is 24.6. The number of amides is 3. The first-order valence-corrected chi connectivity index (χ1v) is 15.0. The summed E-state index contributed by atoms with van der Waals surface area (Å²) in [6, 6.07) is 17.2. The minimum atomic E-state index is -0.951. The number of benzene rings is 3. The van der Waals surface area contributed by atoms with Crippen LogP contribution in [0.5, 0.6) is 5.75 Å². The maximum atomic E-state index is 14.0. The Hall–Kier alpha value is -4.46. The third kappa shape index (κ3) is 5.31. The van der Waals surface area contributed by atoms with E-state index in [0.717, 1.165) is 33.6 Å². The van der Waals surface area contributed by atoms with Crippen molar-refractivity contribution in [1.82, 2.24) is 4.98 Å². The zero-order valence-electron chi connectivity index (χ0n) is 22.2. The summed E-state index contributed by atoms with van der Waals surface area (Å²) in [6.45, 7) is 1.52. The lowest BCUT2D eigenvalue weighted by molar-refractivity contribution is -0.384. The molecule has 218 valence electrons. The predicted molar refractivity (Wildman–Crippen MR) is 162 cm³/mol. The molecule has 4 aromatic rings. The third-order valence-electron chi connectivity index (χ3n) is 7.23. The number of anilines is 2. The lowest BCUT2D eigenvalue weighted by Gasteiger charge is -2.31. The number of hydrogen-bond acceptors (Lipinski definition) is 9. The second kappa shape index (κ2) is 11.3. The van der Waals surface area contributed by atoms with Crippen molar-refractivity contribution in [3.8, 4) is 5.75 Å². The molecular formula is C29H21ClN4O7S2. The van der Waals surface area contributed by atoms with E-state index in [2.05, 4.69) is 10.3 Å². The summed E-state index contributed by atoms with van der Waals surface area (Å²) in [7, 11) is 0. The summed E-state index contributed by atoms with van der Waals surface area (Å²) >= 11 is 8.42. The highest BCUT2D eigenvalue weighted by atomic mass is 35.5. The Bertz CT molecular complexity index is 1860. The van der Waals surface area contributed by atoms with Crippen LogP contribution in [0, 0.1) is 23.0 Å². The molecule has 2 aliphatic rings. The van der Waals surface area contributed by atoms with Gasteiger partial charge in [0.05, 0.1) is 21.6 Å². The van der Waals surface area contributed by atoms with Crippen molar-refractivity contribution >= 4 is 69.5 Å². The molecule has 1 aromatic heterocycles. The molecule has 0 radical (unpaired) electrons. The maximum absolute atomic E-state index is 14.0. The number of thiazole rings is 1. The topological polar surface area (TPSA) is 152 Å². The van der Waals surface area contributed by atoms with E-state index in [0.29, 0.717) is 26.2 Å². The number of ether oxygens (including phenoxy) is 1. The van der Waals surface area contributed by atoms with Gasteiger partial charge in [-0.1, -0.05) is 52.9 Å². The number of H-pyrrole nitrogens is 1. The van der Waals surface area contributed by atoms with Gasteiger partial charge < -0.3 is 15.0 Å². The first kappa shape index (κ1) is 28.6. The number of non-ortho nitro benzene ring substituents is 1. The molecule has 3 amide bonds. The number of fused-ring (bicyclic) bond motifs is 2. The van der Waals surface area contributed by atoms with Gasteiger partial charge in [0, 0.05) is 39.2 Å². The summed E-state index contributed by atoms with van der Waals surface area (Å²) in [5, 5.41) is 13.8. The number of nitrogens with one attached hydrogen (secondary N) is 2. The predicted octanol–water partition coefficient (Wildman–Crippen LogP) is 5.12.